The lowest BCUT2D eigenvalue weighted by Gasteiger charge is -2.16. The molecular weight excluding hydrogens is 268 g/mol. The van der Waals surface area contributed by atoms with E-state index in [-0.39, 0.29) is 18.2 Å². The lowest BCUT2D eigenvalue weighted by atomic mass is 10.1. The summed E-state index contributed by atoms with van der Waals surface area (Å²) in [6.07, 6.45) is 8.98. The normalized spacial score (nSPS) is 13.9. The van der Waals surface area contributed by atoms with Crippen LogP contribution in [0.15, 0.2) is 0 Å². The molecule has 4 nitrogen and oxygen atoms in total. The molecule has 0 radical (unpaired) electrons. The van der Waals surface area contributed by atoms with Crippen molar-refractivity contribution >= 4 is 5.97 Å². The smallest absolute Gasteiger partial charge is 0.305 e. The van der Waals surface area contributed by atoms with Crippen LogP contribution in [0.25, 0.3) is 0 Å². The highest BCUT2D eigenvalue weighted by Crippen LogP contribution is 2.09. The van der Waals surface area contributed by atoms with Gasteiger partial charge < -0.3 is 14.2 Å². The van der Waals surface area contributed by atoms with Gasteiger partial charge in [-0.1, -0.05) is 45.4 Å². The Morgan fingerprint density at radius 3 is 2.14 bits per heavy atom. The quantitative estimate of drug-likeness (QED) is 0.358. The highest BCUT2D eigenvalue weighted by molar-refractivity contribution is 5.69. The Kier molecular flexibility index (Phi) is 13.9. The third kappa shape index (κ3) is 14.1. The maximum absolute atomic E-state index is 11.6. The van der Waals surface area contributed by atoms with Crippen molar-refractivity contribution in [3.8, 4) is 0 Å². The van der Waals surface area contributed by atoms with Gasteiger partial charge in [0.2, 0.25) is 0 Å². The molecule has 2 atom stereocenters. The number of hydrogen-bond acceptors (Lipinski definition) is 4. The van der Waals surface area contributed by atoms with E-state index in [0.29, 0.717) is 19.6 Å². The summed E-state index contributed by atoms with van der Waals surface area (Å²) >= 11 is 0. The number of hydrogen-bond donors (Lipinski definition) is 0. The Morgan fingerprint density at radius 2 is 1.52 bits per heavy atom. The van der Waals surface area contributed by atoms with E-state index in [1.54, 1.807) is 7.11 Å². The van der Waals surface area contributed by atoms with Gasteiger partial charge in [0.1, 0.15) is 6.61 Å². The van der Waals surface area contributed by atoms with E-state index in [9.17, 15) is 4.79 Å². The maximum Gasteiger partial charge on any atom is 0.305 e. The highest BCUT2D eigenvalue weighted by Gasteiger charge is 2.09. The molecule has 0 saturated heterocycles. The summed E-state index contributed by atoms with van der Waals surface area (Å²) in [5.74, 6) is -0.112. The first-order chi connectivity index (χ1) is 10.1. The molecule has 0 aromatic carbocycles. The Balaban J connectivity index is 3.41. The maximum atomic E-state index is 11.6. The first-order valence-electron chi connectivity index (χ1n) is 8.40. The van der Waals surface area contributed by atoms with Gasteiger partial charge >= 0.3 is 5.97 Å². The molecule has 0 aliphatic carbocycles. The minimum absolute atomic E-state index is 0.0656. The summed E-state index contributed by atoms with van der Waals surface area (Å²) in [5.41, 5.74) is 0. The molecule has 0 aromatic heterocycles. The topological polar surface area (TPSA) is 44.8 Å². The average molecular weight is 302 g/mol. The second-order valence-corrected chi connectivity index (χ2v) is 5.74. The summed E-state index contributed by atoms with van der Waals surface area (Å²) in [6.45, 7) is 6.91. The Labute approximate surface area is 130 Å². The average Bonchev–Trinajstić information content (AvgIpc) is 2.49. The number of rotatable bonds is 14. The van der Waals surface area contributed by atoms with Crippen LogP contribution < -0.4 is 0 Å². The fourth-order valence-electron chi connectivity index (χ4n) is 1.92. The molecule has 21 heavy (non-hydrogen) atoms. The number of unbranched alkanes of at least 4 members (excludes halogenated alkanes) is 6. The minimum atomic E-state index is -0.112. The number of ether oxygens (including phenoxy) is 3. The lowest BCUT2D eigenvalue weighted by Crippen LogP contribution is -2.24. The van der Waals surface area contributed by atoms with Crippen LogP contribution in [-0.4, -0.2) is 38.5 Å². The van der Waals surface area contributed by atoms with Crippen molar-refractivity contribution in [3.63, 3.8) is 0 Å². The summed E-state index contributed by atoms with van der Waals surface area (Å²) in [7, 11) is 1.65. The molecule has 0 fully saturated rings. The first kappa shape index (κ1) is 20.4. The van der Waals surface area contributed by atoms with Crippen LogP contribution in [0.5, 0.6) is 0 Å². The molecule has 0 aliphatic heterocycles. The third-order valence-electron chi connectivity index (χ3n) is 3.48. The minimum Gasteiger partial charge on any atom is -0.463 e. The Bertz CT molecular complexity index is 243. The molecule has 2 unspecified atom stereocenters. The number of carbonyl (C=O) groups excluding carboxylic acids is 1. The number of esters is 1. The van der Waals surface area contributed by atoms with Crippen LogP contribution in [0.1, 0.15) is 72.1 Å². The lowest BCUT2D eigenvalue weighted by molar-refractivity contribution is -0.148. The van der Waals surface area contributed by atoms with Gasteiger partial charge in [0.05, 0.1) is 18.8 Å². The largest absolute Gasteiger partial charge is 0.463 e. The zero-order chi connectivity index (χ0) is 15.9. The first-order valence-corrected chi connectivity index (χ1v) is 8.40. The summed E-state index contributed by atoms with van der Waals surface area (Å²) in [5, 5.41) is 0. The van der Waals surface area contributed by atoms with Crippen molar-refractivity contribution in [1.82, 2.24) is 0 Å². The van der Waals surface area contributed by atoms with E-state index in [2.05, 4.69) is 6.92 Å². The van der Waals surface area contributed by atoms with E-state index in [1.165, 1.54) is 32.1 Å². The third-order valence-corrected chi connectivity index (χ3v) is 3.48. The predicted octanol–water partition coefficient (Wildman–Crippen LogP) is 4.11. The monoisotopic (exact) mass is 302 g/mol. The van der Waals surface area contributed by atoms with Gasteiger partial charge in [0, 0.05) is 13.5 Å². The van der Waals surface area contributed by atoms with E-state index in [0.717, 1.165) is 12.8 Å². The van der Waals surface area contributed by atoms with Crippen LogP contribution in [0, 0.1) is 0 Å². The Morgan fingerprint density at radius 1 is 0.905 bits per heavy atom. The SMILES string of the molecule is CCCCCCCCCC(=O)OCC(C)OCC(C)OC. The van der Waals surface area contributed by atoms with Crippen molar-refractivity contribution in [2.75, 3.05) is 20.3 Å². The number of methoxy groups -OCH3 is 1. The molecule has 0 aliphatic rings. The van der Waals surface area contributed by atoms with Gasteiger partial charge in [-0.25, -0.2) is 0 Å². The van der Waals surface area contributed by atoms with Gasteiger partial charge in [0.15, 0.2) is 0 Å². The zero-order valence-corrected chi connectivity index (χ0v) is 14.4. The van der Waals surface area contributed by atoms with Crippen LogP contribution in [0.2, 0.25) is 0 Å². The molecule has 126 valence electrons. The second kappa shape index (κ2) is 14.3. The van der Waals surface area contributed by atoms with E-state index in [4.69, 9.17) is 14.2 Å². The van der Waals surface area contributed by atoms with Crippen molar-refractivity contribution in [2.45, 2.75) is 84.3 Å². The van der Waals surface area contributed by atoms with Crippen LogP contribution in [0.3, 0.4) is 0 Å². The van der Waals surface area contributed by atoms with Crippen molar-refractivity contribution in [1.29, 1.82) is 0 Å². The fraction of sp³-hybridized carbons (Fsp3) is 0.941. The summed E-state index contributed by atoms with van der Waals surface area (Å²) in [6, 6.07) is 0. The molecule has 0 heterocycles. The molecule has 0 amide bonds. The van der Waals surface area contributed by atoms with Crippen molar-refractivity contribution < 1.29 is 19.0 Å². The van der Waals surface area contributed by atoms with Gasteiger partial charge in [-0.2, -0.15) is 0 Å². The predicted molar refractivity (Wildman–Crippen MR) is 85.5 cm³/mol. The standard InChI is InChI=1S/C17H34O4/c1-5-6-7-8-9-10-11-12-17(18)21-14-16(3)20-13-15(2)19-4/h15-16H,5-14H2,1-4H3. The molecule has 0 rings (SSSR count). The van der Waals surface area contributed by atoms with Gasteiger partial charge in [-0.3, -0.25) is 4.79 Å². The van der Waals surface area contributed by atoms with Crippen LogP contribution in [-0.2, 0) is 19.0 Å². The molecule has 4 heteroatoms. The second-order valence-electron chi connectivity index (χ2n) is 5.74. The van der Waals surface area contributed by atoms with Crippen molar-refractivity contribution in [2.24, 2.45) is 0 Å². The Hall–Kier alpha value is -0.610. The van der Waals surface area contributed by atoms with Gasteiger partial charge in [-0.15, -0.1) is 0 Å². The summed E-state index contributed by atoms with van der Waals surface area (Å²) in [4.78, 5) is 11.6. The fourth-order valence-corrected chi connectivity index (χ4v) is 1.92. The molecule has 0 bridgehead atoms. The number of carbonyl (C=O) groups is 1. The molecular formula is C17H34O4. The zero-order valence-electron chi connectivity index (χ0n) is 14.4. The van der Waals surface area contributed by atoms with E-state index >= 15 is 0 Å². The van der Waals surface area contributed by atoms with Crippen molar-refractivity contribution in [3.05, 3.63) is 0 Å². The summed E-state index contributed by atoms with van der Waals surface area (Å²) < 4.78 is 15.8. The van der Waals surface area contributed by atoms with E-state index in [1.807, 2.05) is 13.8 Å². The van der Waals surface area contributed by atoms with Crippen LogP contribution >= 0.6 is 0 Å². The van der Waals surface area contributed by atoms with E-state index < -0.39 is 0 Å². The van der Waals surface area contributed by atoms with Crippen LogP contribution in [0.4, 0.5) is 0 Å². The van der Waals surface area contributed by atoms with Gasteiger partial charge in [0.25, 0.3) is 0 Å². The molecule has 0 aromatic rings. The highest BCUT2D eigenvalue weighted by atomic mass is 16.6. The molecule has 0 saturated carbocycles. The molecule has 0 spiro atoms. The van der Waals surface area contributed by atoms with Gasteiger partial charge in [-0.05, 0) is 20.3 Å². The molecule has 0 N–H and O–H groups in total.